The van der Waals surface area contributed by atoms with Crippen molar-refractivity contribution in [2.24, 2.45) is 11.1 Å². The summed E-state index contributed by atoms with van der Waals surface area (Å²) < 4.78 is 5.63. The van der Waals surface area contributed by atoms with Crippen molar-refractivity contribution in [1.29, 1.82) is 0 Å². The predicted octanol–water partition coefficient (Wildman–Crippen LogP) is 0.867. The van der Waals surface area contributed by atoms with Crippen molar-refractivity contribution in [3.05, 3.63) is 17.5 Å². The molecule has 0 aromatic carbocycles. The van der Waals surface area contributed by atoms with Gasteiger partial charge in [-0.15, -0.1) is 0 Å². The monoisotopic (exact) mass is 280 g/mol. The first kappa shape index (κ1) is 15.0. The highest BCUT2D eigenvalue weighted by Gasteiger charge is 2.62. The minimum Gasteiger partial charge on any atom is -0.378 e. The molecule has 1 saturated carbocycles. The highest BCUT2D eigenvalue weighted by atomic mass is 16.5. The summed E-state index contributed by atoms with van der Waals surface area (Å²) in [5.74, 6) is -0.126. The van der Waals surface area contributed by atoms with Gasteiger partial charge in [0, 0.05) is 36.2 Å². The van der Waals surface area contributed by atoms with Gasteiger partial charge in [0.05, 0.1) is 12.3 Å². The number of hydrogen-bond acceptors (Lipinski definition) is 4. The number of rotatable bonds is 5. The molecule has 1 aromatic heterocycles. The average Bonchev–Trinajstić information content (AvgIpc) is 2.81. The normalized spacial score (nSPS) is 27.9. The zero-order valence-electron chi connectivity index (χ0n) is 12.6. The van der Waals surface area contributed by atoms with Gasteiger partial charge in [-0.3, -0.25) is 9.89 Å². The van der Waals surface area contributed by atoms with Gasteiger partial charge in [0.1, 0.15) is 5.54 Å². The highest BCUT2D eigenvalue weighted by Crippen LogP contribution is 2.49. The Labute approximate surface area is 119 Å². The molecule has 0 spiro atoms. The van der Waals surface area contributed by atoms with Crippen LogP contribution in [0.25, 0.3) is 0 Å². The number of carbonyl (C=O) groups is 1. The summed E-state index contributed by atoms with van der Waals surface area (Å²) in [5, 5.41) is 9.69. The highest BCUT2D eigenvalue weighted by molar-refractivity contribution is 5.88. The second kappa shape index (κ2) is 5.18. The molecular formula is C14H24N4O2. The van der Waals surface area contributed by atoms with Gasteiger partial charge < -0.3 is 15.8 Å². The van der Waals surface area contributed by atoms with Crippen molar-refractivity contribution in [2.45, 2.75) is 52.3 Å². The molecule has 0 bridgehead atoms. The van der Waals surface area contributed by atoms with E-state index in [9.17, 15) is 4.79 Å². The summed E-state index contributed by atoms with van der Waals surface area (Å²) in [6.45, 7) is 8.92. The summed E-state index contributed by atoms with van der Waals surface area (Å²) in [4.78, 5) is 12.4. The molecule has 0 saturated heterocycles. The van der Waals surface area contributed by atoms with Crippen LogP contribution in [0.1, 0.15) is 38.4 Å². The number of nitrogens with zero attached hydrogens (tertiary/aromatic N) is 1. The maximum atomic E-state index is 12.4. The molecule has 1 aromatic rings. The first-order valence-electron chi connectivity index (χ1n) is 7.00. The van der Waals surface area contributed by atoms with E-state index in [1.54, 1.807) is 6.20 Å². The van der Waals surface area contributed by atoms with Crippen LogP contribution in [-0.2, 0) is 16.1 Å². The lowest BCUT2D eigenvalue weighted by molar-refractivity contribution is -0.170. The van der Waals surface area contributed by atoms with Gasteiger partial charge in [-0.2, -0.15) is 5.10 Å². The Morgan fingerprint density at radius 3 is 2.85 bits per heavy atom. The molecule has 1 aliphatic rings. The Balaban J connectivity index is 1.98. The number of nitrogens with one attached hydrogen (secondary N) is 2. The first-order chi connectivity index (χ1) is 9.33. The molecule has 0 radical (unpaired) electrons. The zero-order valence-corrected chi connectivity index (χ0v) is 12.6. The van der Waals surface area contributed by atoms with Gasteiger partial charge in [0.2, 0.25) is 5.91 Å². The van der Waals surface area contributed by atoms with Crippen molar-refractivity contribution in [3.63, 3.8) is 0 Å². The number of aryl methyl sites for hydroxylation is 1. The maximum absolute atomic E-state index is 12.4. The fourth-order valence-electron chi connectivity index (χ4n) is 2.71. The molecule has 20 heavy (non-hydrogen) atoms. The summed E-state index contributed by atoms with van der Waals surface area (Å²) in [6.07, 6.45) is 2.32. The first-order valence-corrected chi connectivity index (χ1v) is 7.00. The molecule has 0 aliphatic heterocycles. The number of aromatic nitrogens is 2. The molecule has 4 N–H and O–H groups in total. The molecule has 2 rings (SSSR count). The van der Waals surface area contributed by atoms with Crippen LogP contribution >= 0.6 is 0 Å². The Kier molecular flexibility index (Phi) is 3.88. The van der Waals surface area contributed by atoms with Gasteiger partial charge in [-0.05, 0) is 13.8 Å². The topological polar surface area (TPSA) is 93.0 Å². The summed E-state index contributed by atoms with van der Waals surface area (Å²) in [6, 6.07) is 0. The Morgan fingerprint density at radius 1 is 1.65 bits per heavy atom. The number of hydrogen-bond donors (Lipinski definition) is 3. The minimum atomic E-state index is -0.871. The minimum absolute atomic E-state index is 0.0407. The van der Waals surface area contributed by atoms with Crippen molar-refractivity contribution in [3.8, 4) is 0 Å². The lowest BCUT2D eigenvalue weighted by atomic mass is 9.54. The standard InChI is InChI=1S/C14H24N4O2/c1-5-20-11-6-14(15,13(11,3)4)12(19)16-7-10-8-17-18-9(10)2/h8,11H,5-7,15H2,1-4H3,(H,16,19)(H,17,18). The van der Waals surface area contributed by atoms with Crippen LogP contribution in [0.4, 0.5) is 0 Å². The fraction of sp³-hybridized carbons (Fsp3) is 0.714. The van der Waals surface area contributed by atoms with E-state index in [0.717, 1.165) is 11.3 Å². The fourth-order valence-corrected chi connectivity index (χ4v) is 2.71. The second-order valence-electron chi connectivity index (χ2n) is 6.04. The molecule has 2 atom stereocenters. The van der Waals surface area contributed by atoms with Gasteiger partial charge in [0.15, 0.2) is 0 Å². The molecule has 6 heteroatoms. The van der Waals surface area contributed by atoms with E-state index in [1.807, 2.05) is 27.7 Å². The third-order valence-corrected chi connectivity index (χ3v) is 4.61. The smallest absolute Gasteiger partial charge is 0.241 e. The van der Waals surface area contributed by atoms with Crippen LogP contribution in [0.2, 0.25) is 0 Å². The molecule has 1 fully saturated rings. The number of nitrogens with two attached hydrogens (primary N) is 1. The number of amides is 1. The van der Waals surface area contributed by atoms with Gasteiger partial charge >= 0.3 is 0 Å². The predicted molar refractivity (Wildman–Crippen MR) is 75.9 cm³/mol. The molecule has 1 heterocycles. The maximum Gasteiger partial charge on any atom is 0.241 e. The number of ether oxygens (including phenoxy) is 1. The van der Waals surface area contributed by atoms with E-state index in [0.29, 0.717) is 19.6 Å². The average molecular weight is 280 g/mol. The van der Waals surface area contributed by atoms with E-state index < -0.39 is 5.54 Å². The van der Waals surface area contributed by atoms with Crippen LogP contribution in [0.5, 0.6) is 0 Å². The van der Waals surface area contributed by atoms with Crippen LogP contribution in [0.15, 0.2) is 6.20 Å². The van der Waals surface area contributed by atoms with Crippen LogP contribution in [-0.4, -0.2) is 34.4 Å². The second-order valence-corrected chi connectivity index (χ2v) is 6.04. The number of carbonyl (C=O) groups excluding carboxylic acids is 1. The third-order valence-electron chi connectivity index (χ3n) is 4.61. The molecular weight excluding hydrogens is 256 g/mol. The Hall–Kier alpha value is -1.40. The van der Waals surface area contributed by atoms with Crippen LogP contribution < -0.4 is 11.1 Å². The van der Waals surface area contributed by atoms with Crippen molar-refractivity contribution < 1.29 is 9.53 Å². The van der Waals surface area contributed by atoms with E-state index in [2.05, 4.69) is 15.5 Å². The van der Waals surface area contributed by atoms with Crippen molar-refractivity contribution in [1.82, 2.24) is 15.5 Å². The SMILES string of the molecule is CCOC1CC(N)(C(=O)NCc2cn[nH]c2C)C1(C)C. The molecule has 1 amide bonds. The molecule has 1 aliphatic carbocycles. The van der Waals surface area contributed by atoms with Gasteiger partial charge in [0.25, 0.3) is 0 Å². The number of aromatic amines is 1. The third kappa shape index (κ3) is 2.23. The Bertz CT molecular complexity index is 497. The van der Waals surface area contributed by atoms with Gasteiger partial charge in [-0.25, -0.2) is 0 Å². The summed E-state index contributed by atoms with van der Waals surface area (Å²) in [5.41, 5.74) is 7.00. The van der Waals surface area contributed by atoms with E-state index >= 15 is 0 Å². The molecule has 6 nitrogen and oxygen atoms in total. The van der Waals surface area contributed by atoms with Crippen LogP contribution in [0, 0.1) is 12.3 Å². The largest absolute Gasteiger partial charge is 0.378 e. The number of H-pyrrole nitrogens is 1. The van der Waals surface area contributed by atoms with E-state index in [1.165, 1.54) is 0 Å². The summed E-state index contributed by atoms with van der Waals surface area (Å²) in [7, 11) is 0. The van der Waals surface area contributed by atoms with E-state index in [4.69, 9.17) is 10.5 Å². The van der Waals surface area contributed by atoms with E-state index in [-0.39, 0.29) is 17.4 Å². The lowest BCUT2D eigenvalue weighted by Crippen LogP contribution is -2.75. The quantitative estimate of drug-likeness (QED) is 0.746. The van der Waals surface area contributed by atoms with Gasteiger partial charge in [-0.1, -0.05) is 13.8 Å². The van der Waals surface area contributed by atoms with Crippen LogP contribution in [0.3, 0.4) is 0 Å². The summed E-state index contributed by atoms with van der Waals surface area (Å²) >= 11 is 0. The van der Waals surface area contributed by atoms with Crippen molar-refractivity contribution >= 4 is 5.91 Å². The molecule has 2 unspecified atom stereocenters. The molecule has 112 valence electrons. The van der Waals surface area contributed by atoms with Crippen molar-refractivity contribution in [2.75, 3.05) is 6.61 Å². The zero-order chi connectivity index (χ0) is 15.0. The lowest BCUT2D eigenvalue weighted by Gasteiger charge is -2.57. The Morgan fingerprint density at radius 2 is 2.35 bits per heavy atom.